The van der Waals surface area contributed by atoms with Crippen LogP contribution < -0.4 is 15.2 Å². The highest BCUT2D eigenvalue weighted by molar-refractivity contribution is 7.90. The van der Waals surface area contributed by atoms with Gasteiger partial charge in [-0.15, -0.1) is 0 Å². The summed E-state index contributed by atoms with van der Waals surface area (Å²) in [6, 6.07) is 14.4. The lowest BCUT2D eigenvalue weighted by atomic mass is 9.98. The van der Waals surface area contributed by atoms with E-state index in [0.717, 1.165) is 22.9 Å². The zero-order chi connectivity index (χ0) is 25.3. The Balaban J connectivity index is 1.88. The van der Waals surface area contributed by atoms with Crippen LogP contribution in [0.4, 0.5) is 0 Å². The largest absolute Gasteiger partial charge is 0.491 e. The summed E-state index contributed by atoms with van der Waals surface area (Å²) in [6.45, 7) is 6.27. The van der Waals surface area contributed by atoms with Gasteiger partial charge in [-0.1, -0.05) is 29.8 Å². The fourth-order valence-electron chi connectivity index (χ4n) is 4.35. The standard InChI is InChI=1S/C26H29N3O5S/c1-6-34-25-24(33-4)12-10-20(27-25)23(15-35(5,31)32)29-22-11-8-18(14-21(22)28-26(29)30)19-9-7-16(2)13-17(19)3/h7-14,23H,6,15H2,1-5H3,(H,28,30). The Morgan fingerprint density at radius 1 is 1.09 bits per heavy atom. The summed E-state index contributed by atoms with van der Waals surface area (Å²) in [5.74, 6) is 0.373. The number of hydrogen-bond donors (Lipinski definition) is 1. The minimum absolute atomic E-state index is 0.246. The lowest BCUT2D eigenvalue weighted by Crippen LogP contribution is -2.29. The van der Waals surface area contributed by atoms with E-state index in [1.807, 2.05) is 45.0 Å². The topological polar surface area (TPSA) is 103 Å². The molecule has 1 N–H and O–H groups in total. The van der Waals surface area contributed by atoms with Crippen LogP contribution in [0.25, 0.3) is 22.2 Å². The molecule has 35 heavy (non-hydrogen) atoms. The van der Waals surface area contributed by atoms with Crippen molar-refractivity contribution in [3.8, 4) is 22.8 Å². The molecule has 9 heteroatoms. The van der Waals surface area contributed by atoms with E-state index < -0.39 is 21.6 Å². The van der Waals surface area contributed by atoms with Crippen LogP contribution in [0, 0.1) is 13.8 Å². The molecule has 1 unspecified atom stereocenters. The number of sulfone groups is 1. The number of aryl methyl sites for hydroxylation is 2. The maximum Gasteiger partial charge on any atom is 0.327 e. The highest BCUT2D eigenvalue weighted by Gasteiger charge is 2.26. The highest BCUT2D eigenvalue weighted by atomic mass is 32.2. The second-order valence-electron chi connectivity index (χ2n) is 8.64. The van der Waals surface area contributed by atoms with Crippen molar-refractivity contribution in [3.05, 3.63) is 75.8 Å². The third kappa shape index (κ3) is 5.09. The fourth-order valence-corrected chi connectivity index (χ4v) is 5.24. The summed E-state index contributed by atoms with van der Waals surface area (Å²) in [4.78, 5) is 20.6. The molecule has 2 aromatic carbocycles. The maximum atomic E-state index is 13.2. The summed E-state index contributed by atoms with van der Waals surface area (Å²) >= 11 is 0. The van der Waals surface area contributed by atoms with Crippen LogP contribution in [-0.2, 0) is 9.84 Å². The Labute approximate surface area is 204 Å². The van der Waals surface area contributed by atoms with Crippen LogP contribution in [0.3, 0.4) is 0 Å². The Kier molecular flexibility index (Phi) is 6.71. The summed E-state index contributed by atoms with van der Waals surface area (Å²) in [7, 11) is -1.97. The van der Waals surface area contributed by atoms with Gasteiger partial charge in [0.1, 0.15) is 9.84 Å². The third-order valence-electron chi connectivity index (χ3n) is 5.87. The molecule has 1 atom stereocenters. The summed E-state index contributed by atoms with van der Waals surface area (Å²) in [5, 5.41) is 0. The van der Waals surface area contributed by atoms with Crippen molar-refractivity contribution in [1.29, 1.82) is 0 Å². The van der Waals surface area contributed by atoms with Gasteiger partial charge >= 0.3 is 5.69 Å². The highest BCUT2D eigenvalue weighted by Crippen LogP contribution is 2.31. The Morgan fingerprint density at radius 3 is 2.51 bits per heavy atom. The van der Waals surface area contributed by atoms with E-state index in [1.165, 1.54) is 17.2 Å². The van der Waals surface area contributed by atoms with Crippen molar-refractivity contribution in [2.24, 2.45) is 0 Å². The number of ether oxygens (including phenoxy) is 2. The average molecular weight is 496 g/mol. The van der Waals surface area contributed by atoms with Gasteiger partial charge in [0.05, 0.1) is 42.2 Å². The number of benzene rings is 2. The molecule has 0 aliphatic heterocycles. The molecule has 8 nitrogen and oxygen atoms in total. The number of aromatic amines is 1. The Morgan fingerprint density at radius 2 is 1.86 bits per heavy atom. The second-order valence-corrected chi connectivity index (χ2v) is 10.8. The minimum atomic E-state index is -3.47. The zero-order valence-corrected chi connectivity index (χ0v) is 21.3. The first-order valence-electron chi connectivity index (χ1n) is 11.3. The average Bonchev–Trinajstić information content (AvgIpc) is 3.11. The molecule has 0 bridgehead atoms. The molecule has 0 spiro atoms. The maximum absolute atomic E-state index is 13.2. The minimum Gasteiger partial charge on any atom is -0.491 e. The van der Waals surface area contributed by atoms with Crippen molar-refractivity contribution in [2.75, 3.05) is 25.7 Å². The van der Waals surface area contributed by atoms with Gasteiger partial charge in [0.15, 0.2) is 5.75 Å². The monoisotopic (exact) mass is 495 g/mol. The molecular formula is C26H29N3O5S. The number of hydrogen-bond acceptors (Lipinski definition) is 6. The Bertz CT molecular complexity index is 1550. The molecule has 0 aliphatic carbocycles. The molecule has 2 heterocycles. The van der Waals surface area contributed by atoms with E-state index in [1.54, 1.807) is 12.1 Å². The van der Waals surface area contributed by atoms with Gasteiger partial charge in [-0.05, 0) is 61.7 Å². The normalized spacial score (nSPS) is 12.6. The van der Waals surface area contributed by atoms with Gasteiger partial charge in [-0.3, -0.25) is 4.57 Å². The van der Waals surface area contributed by atoms with E-state index in [2.05, 4.69) is 22.1 Å². The molecule has 0 amide bonds. The number of H-pyrrole nitrogens is 1. The van der Waals surface area contributed by atoms with Gasteiger partial charge in [-0.2, -0.15) is 0 Å². The number of nitrogens with zero attached hydrogens (tertiary/aromatic N) is 2. The molecule has 184 valence electrons. The SMILES string of the molecule is CCOc1nc(C(CS(C)(=O)=O)n2c(=O)[nH]c3cc(-c4ccc(C)cc4C)ccc32)ccc1OC. The van der Waals surface area contributed by atoms with E-state index >= 15 is 0 Å². The molecule has 2 aromatic heterocycles. The first kappa shape index (κ1) is 24.5. The molecule has 4 aromatic rings. The van der Waals surface area contributed by atoms with Crippen molar-refractivity contribution >= 4 is 20.9 Å². The van der Waals surface area contributed by atoms with E-state index in [9.17, 15) is 13.2 Å². The first-order valence-corrected chi connectivity index (χ1v) is 13.3. The third-order valence-corrected chi connectivity index (χ3v) is 6.79. The van der Waals surface area contributed by atoms with Crippen LogP contribution in [0.15, 0.2) is 53.3 Å². The van der Waals surface area contributed by atoms with Crippen molar-refractivity contribution in [1.82, 2.24) is 14.5 Å². The molecule has 0 radical (unpaired) electrons. The second kappa shape index (κ2) is 9.58. The molecule has 0 aliphatic rings. The van der Waals surface area contributed by atoms with E-state index in [-0.39, 0.29) is 11.6 Å². The number of fused-ring (bicyclic) bond motifs is 1. The van der Waals surface area contributed by atoms with Gasteiger partial charge < -0.3 is 14.5 Å². The number of nitrogens with one attached hydrogen (secondary N) is 1. The van der Waals surface area contributed by atoms with Crippen LogP contribution in [-0.4, -0.2) is 48.7 Å². The first-order chi connectivity index (χ1) is 16.6. The van der Waals surface area contributed by atoms with Crippen molar-refractivity contribution in [2.45, 2.75) is 26.8 Å². The lowest BCUT2D eigenvalue weighted by molar-refractivity contribution is 0.296. The van der Waals surface area contributed by atoms with Gasteiger partial charge in [-0.25, -0.2) is 18.2 Å². The predicted octanol–water partition coefficient (Wildman–Crippen LogP) is 4.05. The number of aromatic nitrogens is 3. The fraction of sp³-hybridized carbons (Fsp3) is 0.308. The van der Waals surface area contributed by atoms with Gasteiger partial charge in [0, 0.05) is 6.26 Å². The summed E-state index contributed by atoms with van der Waals surface area (Å²) in [6.07, 6.45) is 1.14. The van der Waals surface area contributed by atoms with Crippen molar-refractivity contribution < 1.29 is 17.9 Å². The van der Waals surface area contributed by atoms with Crippen LogP contribution in [0.1, 0.15) is 29.8 Å². The van der Waals surface area contributed by atoms with E-state index in [4.69, 9.17) is 9.47 Å². The van der Waals surface area contributed by atoms with Crippen LogP contribution >= 0.6 is 0 Å². The summed E-state index contributed by atoms with van der Waals surface area (Å²) in [5.41, 5.74) is 5.52. The van der Waals surface area contributed by atoms with Crippen molar-refractivity contribution in [3.63, 3.8) is 0 Å². The molecule has 0 saturated heterocycles. The van der Waals surface area contributed by atoms with Gasteiger partial charge in [0.2, 0.25) is 0 Å². The molecular weight excluding hydrogens is 466 g/mol. The Hall–Kier alpha value is -3.59. The summed E-state index contributed by atoms with van der Waals surface area (Å²) < 4.78 is 37.1. The number of rotatable bonds is 8. The van der Waals surface area contributed by atoms with Crippen LogP contribution in [0.2, 0.25) is 0 Å². The quantitative estimate of drug-likeness (QED) is 0.396. The lowest BCUT2D eigenvalue weighted by Gasteiger charge is -2.19. The predicted molar refractivity (Wildman–Crippen MR) is 137 cm³/mol. The van der Waals surface area contributed by atoms with Gasteiger partial charge in [0.25, 0.3) is 5.88 Å². The van der Waals surface area contributed by atoms with E-state index in [0.29, 0.717) is 29.1 Å². The number of pyridine rings is 1. The smallest absolute Gasteiger partial charge is 0.327 e. The molecule has 0 saturated carbocycles. The zero-order valence-electron chi connectivity index (χ0n) is 20.5. The number of imidazole rings is 1. The van der Waals surface area contributed by atoms with Crippen LogP contribution in [0.5, 0.6) is 11.6 Å². The number of methoxy groups -OCH3 is 1. The molecule has 0 fully saturated rings. The molecule has 4 rings (SSSR count).